The Morgan fingerprint density at radius 3 is 2.53 bits per heavy atom. The first-order valence-corrected chi connectivity index (χ1v) is 6.15. The smallest absolute Gasteiger partial charge is 0.0718 e. The lowest BCUT2D eigenvalue weighted by molar-refractivity contribution is 0.0614. The lowest BCUT2D eigenvalue weighted by Crippen LogP contribution is -2.35. The molecule has 2 saturated heterocycles. The van der Waals surface area contributed by atoms with E-state index in [4.69, 9.17) is 4.74 Å². The van der Waals surface area contributed by atoms with Crippen molar-refractivity contribution < 1.29 is 9.84 Å². The Morgan fingerprint density at radius 2 is 2.00 bits per heavy atom. The standard InChI is InChI=1S/C12H23NO2/c1-9-5-13(6-10(9)2)7-12(14)11-3-4-15-8-11/h9-12,14H,3-8H2,1-2H3. The highest BCUT2D eigenvalue weighted by atomic mass is 16.5. The molecule has 0 spiro atoms. The Hall–Kier alpha value is -0.120. The van der Waals surface area contributed by atoms with Gasteiger partial charge in [-0.25, -0.2) is 0 Å². The van der Waals surface area contributed by atoms with Crippen molar-refractivity contribution in [2.45, 2.75) is 26.4 Å². The number of aliphatic hydroxyl groups excluding tert-OH is 1. The van der Waals surface area contributed by atoms with E-state index in [0.717, 1.165) is 51.1 Å². The van der Waals surface area contributed by atoms with Crippen LogP contribution in [-0.2, 0) is 4.74 Å². The molecule has 0 aromatic heterocycles. The molecule has 0 aliphatic carbocycles. The summed E-state index contributed by atoms with van der Waals surface area (Å²) in [5.74, 6) is 1.92. The number of ether oxygens (including phenoxy) is 1. The quantitative estimate of drug-likeness (QED) is 0.758. The summed E-state index contributed by atoms with van der Waals surface area (Å²) in [6, 6.07) is 0. The van der Waals surface area contributed by atoms with Crippen molar-refractivity contribution in [3.05, 3.63) is 0 Å². The van der Waals surface area contributed by atoms with Gasteiger partial charge in [0.1, 0.15) is 0 Å². The zero-order valence-electron chi connectivity index (χ0n) is 9.85. The lowest BCUT2D eigenvalue weighted by atomic mass is 10.0. The van der Waals surface area contributed by atoms with Crippen molar-refractivity contribution in [1.29, 1.82) is 0 Å². The summed E-state index contributed by atoms with van der Waals surface area (Å²) in [4.78, 5) is 2.40. The highest BCUT2D eigenvalue weighted by molar-refractivity contribution is 4.82. The van der Waals surface area contributed by atoms with Crippen LogP contribution in [0.2, 0.25) is 0 Å². The topological polar surface area (TPSA) is 32.7 Å². The third kappa shape index (κ3) is 2.71. The first kappa shape index (κ1) is 11.4. The highest BCUT2D eigenvalue weighted by Crippen LogP contribution is 2.24. The molecule has 2 heterocycles. The molecule has 3 nitrogen and oxygen atoms in total. The van der Waals surface area contributed by atoms with Crippen molar-refractivity contribution in [2.75, 3.05) is 32.8 Å². The molecule has 2 aliphatic rings. The second kappa shape index (κ2) is 4.81. The van der Waals surface area contributed by atoms with Crippen LogP contribution in [-0.4, -0.2) is 49.0 Å². The van der Waals surface area contributed by atoms with Crippen LogP contribution in [0.5, 0.6) is 0 Å². The first-order valence-electron chi connectivity index (χ1n) is 6.15. The van der Waals surface area contributed by atoms with Crippen LogP contribution < -0.4 is 0 Å². The number of likely N-dealkylation sites (tertiary alicyclic amines) is 1. The fraction of sp³-hybridized carbons (Fsp3) is 1.00. The molecule has 1 N–H and O–H groups in total. The fourth-order valence-electron chi connectivity index (χ4n) is 2.67. The molecule has 2 fully saturated rings. The minimum absolute atomic E-state index is 0.190. The average Bonchev–Trinajstić information content (AvgIpc) is 2.77. The monoisotopic (exact) mass is 213 g/mol. The van der Waals surface area contributed by atoms with Gasteiger partial charge in [-0.15, -0.1) is 0 Å². The molecule has 0 aromatic rings. The van der Waals surface area contributed by atoms with Crippen LogP contribution in [0.25, 0.3) is 0 Å². The molecule has 0 radical (unpaired) electrons. The maximum Gasteiger partial charge on any atom is 0.0718 e. The fourth-order valence-corrected chi connectivity index (χ4v) is 2.67. The normalized spacial score (nSPS) is 39.8. The summed E-state index contributed by atoms with van der Waals surface area (Å²) < 4.78 is 5.31. The van der Waals surface area contributed by atoms with Crippen LogP contribution in [0.15, 0.2) is 0 Å². The number of β-amino-alcohol motifs (C(OH)–C–C–N with tert-alkyl or cyclic N) is 1. The summed E-state index contributed by atoms with van der Waals surface area (Å²) in [6.07, 6.45) is 0.838. The summed E-state index contributed by atoms with van der Waals surface area (Å²) >= 11 is 0. The van der Waals surface area contributed by atoms with Gasteiger partial charge in [0.2, 0.25) is 0 Å². The van der Waals surface area contributed by atoms with Gasteiger partial charge in [-0.3, -0.25) is 0 Å². The molecule has 0 saturated carbocycles. The minimum atomic E-state index is -0.190. The zero-order chi connectivity index (χ0) is 10.8. The number of hydrogen-bond acceptors (Lipinski definition) is 3. The number of nitrogens with zero attached hydrogens (tertiary/aromatic N) is 1. The first-order chi connectivity index (χ1) is 7.16. The molecule has 0 aromatic carbocycles. The van der Waals surface area contributed by atoms with Crippen molar-refractivity contribution in [3.8, 4) is 0 Å². The zero-order valence-corrected chi connectivity index (χ0v) is 9.85. The summed E-state index contributed by atoms with van der Waals surface area (Å²) in [6.45, 7) is 9.31. The van der Waals surface area contributed by atoms with E-state index in [1.54, 1.807) is 0 Å². The van der Waals surface area contributed by atoms with E-state index < -0.39 is 0 Å². The second-order valence-electron chi connectivity index (χ2n) is 5.36. The Kier molecular flexibility index (Phi) is 3.65. The number of hydrogen-bond donors (Lipinski definition) is 1. The molecule has 0 amide bonds. The van der Waals surface area contributed by atoms with Crippen LogP contribution in [0.1, 0.15) is 20.3 Å². The van der Waals surface area contributed by atoms with Gasteiger partial charge in [-0.2, -0.15) is 0 Å². The SMILES string of the molecule is CC1CN(CC(O)C2CCOC2)CC1C. The van der Waals surface area contributed by atoms with E-state index in [-0.39, 0.29) is 6.10 Å². The molecule has 2 rings (SSSR count). The van der Waals surface area contributed by atoms with Crippen molar-refractivity contribution in [3.63, 3.8) is 0 Å². The Balaban J connectivity index is 1.76. The number of rotatable bonds is 3. The van der Waals surface area contributed by atoms with Gasteiger partial charge in [0.15, 0.2) is 0 Å². The molecule has 15 heavy (non-hydrogen) atoms. The van der Waals surface area contributed by atoms with Gasteiger partial charge in [0.05, 0.1) is 12.7 Å². The van der Waals surface area contributed by atoms with E-state index in [2.05, 4.69) is 18.7 Å². The van der Waals surface area contributed by atoms with E-state index in [1.807, 2.05) is 0 Å². The summed E-state index contributed by atoms with van der Waals surface area (Å²) in [5, 5.41) is 10.1. The van der Waals surface area contributed by atoms with Crippen molar-refractivity contribution in [2.24, 2.45) is 17.8 Å². The third-order valence-corrected chi connectivity index (χ3v) is 4.02. The third-order valence-electron chi connectivity index (χ3n) is 4.02. The van der Waals surface area contributed by atoms with Gasteiger partial charge >= 0.3 is 0 Å². The van der Waals surface area contributed by atoms with Crippen molar-refractivity contribution >= 4 is 0 Å². The molecule has 88 valence electrons. The molecule has 2 aliphatic heterocycles. The molecular weight excluding hydrogens is 190 g/mol. The van der Waals surface area contributed by atoms with E-state index >= 15 is 0 Å². The molecule has 0 bridgehead atoms. The molecule has 3 heteroatoms. The van der Waals surface area contributed by atoms with E-state index in [1.165, 1.54) is 0 Å². The van der Waals surface area contributed by atoms with Gasteiger partial charge in [0, 0.05) is 32.2 Å². The lowest BCUT2D eigenvalue weighted by Gasteiger charge is -2.23. The highest BCUT2D eigenvalue weighted by Gasteiger charge is 2.30. The second-order valence-corrected chi connectivity index (χ2v) is 5.36. The predicted octanol–water partition coefficient (Wildman–Crippen LogP) is 0.972. The van der Waals surface area contributed by atoms with E-state index in [9.17, 15) is 5.11 Å². The van der Waals surface area contributed by atoms with Gasteiger partial charge < -0.3 is 14.7 Å². The Labute approximate surface area is 92.4 Å². The van der Waals surface area contributed by atoms with Crippen LogP contribution in [0.4, 0.5) is 0 Å². The van der Waals surface area contributed by atoms with Gasteiger partial charge in [-0.1, -0.05) is 13.8 Å². The molecule has 4 atom stereocenters. The average molecular weight is 213 g/mol. The van der Waals surface area contributed by atoms with Crippen LogP contribution >= 0.6 is 0 Å². The van der Waals surface area contributed by atoms with Crippen LogP contribution in [0, 0.1) is 17.8 Å². The number of aliphatic hydroxyl groups is 1. The molecule has 4 unspecified atom stereocenters. The minimum Gasteiger partial charge on any atom is -0.391 e. The van der Waals surface area contributed by atoms with Crippen molar-refractivity contribution in [1.82, 2.24) is 4.90 Å². The Bertz CT molecular complexity index is 194. The maximum absolute atomic E-state index is 10.1. The summed E-state index contributed by atoms with van der Waals surface area (Å²) in [5.41, 5.74) is 0. The summed E-state index contributed by atoms with van der Waals surface area (Å²) in [7, 11) is 0. The maximum atomic E-state index is 10.1. The predicted molar refractivity (Wildman–Crippen MR) is 59.7 cm³/mol. The van der Waals surface area contributed by atoms with Crippen LogP contribution in [0.3, 0.4) is 0 Å². The van der Waals surface area contributed by atoms with Gasteiger partial charge in [-0.05, 0) is 18.3 Å². The van der Waals surface area contributed by atoms with E-state index in [0.29, 0.717) is 5.92 Å². The largest absolute Gasteiger partial charge is 0.391 e. The molecular formula is C12H23NO2. The Morgan fingerprint density at radius 1 is 1.33 bits per heavy atom. The van der Waals surface area contributed by atoms with Gasteiger partial charge in [0.25, 0.3) is 0 Å².